The van der Waals surface area contributed by atoms with Crippen molar-refractivity contribution in [3.05, 3.63) is 36.5 Å². The van der Waals surface area contributed by atoms with Gasteiger partial charge in [0.05, 0.1) is 11.1 Å². The van der Waals surface area contributed by atoms with E-state index in [1.54, 1.807) is 30.3 Å². The van der Waals surface area contributed by atoms with E-state index in [1.165, 1.54) is 6.20 Å². The van der Waals surface area contributed by atoms with E-state index >= 15 is 0 Å². The predicted molar refractivity (Wildman–Crippen MR) is 82.7 cm³/mol. The number of hydrogen-bond donors (Lipinski definition) is 2. The van der Waals surface area contributed by atoms with Crippen molar-refractivity contribution in [2.75, 3.05) is 13.1 Å². The molecule has 2 aromatic rings. The fourth-order valence-electron chi connectivity index (χ4n) is 2.71. The molecule has 2 N–H and O–H groups in total. The lowest BCUT2D eigenvalue weighted by Crippen LogP contribution is -2.48. The Morgan fingerprint density at radius 2 is 2.14 bits per heavy atom. The number of nitrogens with zero attached hydrogens (tertiary/aromatic N) is 1. The number of piperidine rings is 1. The summed E-state index contributed by atoms with van der Waals surface area (Å²) in [4.78, 5) is 0.220. The first-order valence-corrected chi connectivity index (χ1v) is 8.79. The van der Waals surface area contributed by atoms with E-state index in [9.17, 15) is 8.42 Å². The summed E-state index contributed by atoms with van der Waals surface area (Å²) in [6, 6.07) is 8.40. The Kier molecular flexibility index (Phi) is 4.28. The van der Waals surface area contributed by atoms with Crippen molar-refractivity contribution in [2.24, 2.45) is 5.92 Å². The summed E-state index contributed by atoms with van der Waals surface area (Å²) in [6.45, 7) is 3.68. The van der Waals surface area contributed by atoms with Gasteiger partial charge in [-0.05, 0) is 37.6 Å². The van der Waals surface area contributed by atoms with Gasteiger partial charge in [-0.3, -0.25) is 0 Å². The first-order valence-electron chi connectivity index (χ1n) is 7.31. The van der Waals surface area contributed by atoms with Crippen LogP contribution < -0.4 is 10.0 Å². The molecule has 3 rings (SSSR count). The van der Waals surface area contributed by atoms with Crippen LogP contribution in [0.4, 0.5) is 0 Å². The molecule has 118 valence electrons. The molecule has 6 nitrogen and oxygen atoms in total. The second-order valence-corrected chi connectivity index (χ2v) is 7.25. The molecule has 0 bridgehead atoms. The average molecular weight is 321 g/mol. The predicted octanol–water partition coefficient (Wildman–Crippen LogP) is 1.62. The molecule has 0 spiro atoms. The van der Waals surface area contributed by atoms with Gasteiger partial charge in [-0.2, -0.15) is 0 Å². The molecule has 1 aromatic carbocycles. The van der Waals surface area contributed by atoms with Gasteiger partial charge in [-0.1, -0.05) is 24.2 Å². The number of nitrogens with one attached hydrogen (secondary N) is 2. The van der Waals surface area contributed by atoms with E-state index in [-0.39, 0.29) is 16.9 Å². The van der Waals surface area contributed by atoms with Crippen molar-refractivity contribution >= 4 is 10.0 Å². The number of hydrogen-bond acceptors (Lipinski definition) is 5. The third kappa shape index (κ3) is 3.06. The molecule has 1 aliphatic heterocycles. The zero-order valence-electron chi connectivity index (χ0n) is 12.3. The minimum absolute atomic E-state index is 0.0611. The molecule has 22 heavy (non-hydrogen) atoms. The Hall–Kier alpha value is -1.70. The molecule has 0 aliphatic carbocycles. The number of benzene rings is 1. The van der Waals surface area contributed by atoms with Gasteiger partial charge in [0.25, 0.3) is 0 Å². The topological polar surface area (TPSA) is 84.2 Å². The van der Waals surface area contributed by atoms with E-state index in [2.05, 4.69) is 15.2 Å². The number of aromatic nitrogens is 1. The highest BCUT2D eigenvalue weighted by Crippen LogP contribution is 2.27. The van der Waals surface area contributed by atoms with E-state index in [0.717, 1.165) is 19.5 Å². The van der Waals surface area contributed by atoms with Crippen molar-refractivity contribution in [3.63, 3.8) is 0 Å². The van der Waals surface area contributed by atoms with Crippen molar-refractivity contribution in [1.82, 2.24) is 15.2 Å². The van der Waals surface area contributed by atoms with Gasteiger partial charge >= 0.3 is 0 Å². The minimum atomic E-state index is -3.62. The molecule has 1 fully saturated rings. The zero-order chi connectivity index (χ0) is 15.6. The molecule has 1 aliphatic rings. The maximum Gasteiger partial charge on any atom is 0.241 e. The monoisotopic (exact) mass is 321 g/mol. The maximum atomic E-state index is 12.8. The quantitative estimate of drug-likeness (QED) is 0.894. The van der Waals surface area contributed by atoms with Gasteiger partial charge in [0.15, 0.2) is 5.76 Å². The summed E-state index contributed by atoms with van der Waals surface area (Å²) in [6.07, 6.45) is 2.28. The van der Waals surface area contributed by atoms with Crippen molar-refractivity contribution < 1.29 is 12.9 Å². The highest BCUT2D eigenvalue weighted by atomic mass is 32.2. The molecule has 1 saturated heterocycles. The molecule has 7 heteroatoms. The Balaban J connectivity index is 1.93. The molecule has 2 heterocycles. The van der Waals surface area contributed by atoms with E-state index < -0.39 is 10.0 Å². The van der Waals surface area contributed by atoms with E-state index in [1.807, 2.05) is 6.92 Å². The molecular formula is C15H19N3O3S. The van der Waals surface area contributed by atoms with Crippen molar-refractivity contribution in [1.29, 1.82) is 0 Å². The second-order valence-electron chi connectivity index (χ2n) is 5.57. The van der Waals surface area contributed by atoms with Crippen LogP contribution in [0.15, 0.2) is 45.9 Å². The van der Waals surface area contributed by atoms with Crippen molar-refractivity contribution in [2.45, 2.75) is 24.3 Å². The highest BCUT2D eigenvalue weighted by Gasteiger charge is 2.28. The van der Waals surface area contributed by atoms with Crippen LogP contribution in [0.5, 0.6) is 0 Å². The molecular weight excluding hydrogens is 302 g/mol. The molecule has 0 amide bonds. The van der Waals surface area contributed by atoms with Gasteiger partial charge in [-0.15, -0.1) is 0 Å². The third-order valence-corrected chi connectivity index (χ3v) is 5.52. The summed E-state index contributed by atoms with van der Waals surface area (Å²) >= 11 is 0. The SMILES string of the molecule is CC1CNCCC1NS(=O)(=O)c1ccccc1-c1ccno1. The Morgan fingerprint density at radius 1 is 1.32 bits per heavy atom. The van der Waals surface area contributed by atoms with Crippen LogP contribution in [-0.2, 0) is 10.0 Å². The first kappa shape index (κ1) is 15.2. The Bertz CT molecular complexity index is 728. The molecule has 2 atom stereocenters. The molecule has 2 unspecified atom stereocenters. The van der Waals surface area contributed by atoms with Gasteiger partial charge in [0.2, 0.25) is 10.0 Å². The summed E-state index contributed by atoms with van der Waals surface area (Å²) < 4.78 is 33.5. The molecule has 0 saturated carbocycles. The normalized spacial score (nSPS) is 22.6. The Morgan fingerprint density at radius 3 is 2.86 bits per heavy atom. The van der Waals surface area contributed by atoms with Gasteiger partial charge in [0, 0.05) is 17.7 Å². The van der Waals surface area contributed by atoms with Crippen LogP contribution >= 0.6 is 0 Å². The van der Waals surface area contributed by atoms with Gasteiger partial charge in [-0.25, -0.2) is 13.1 Å². The first-order chi connectivity index (χ1) is 10.6. The van der Waals surface area contributed by atoms with Crippen molar-refractivity contribution in [3.8, 4) is 11.3 Å². The lowest BCUT2D eigenvalue weighted by molar-refractivity contribution is 0.328. The highest BCUT2D eigenvalue weighted by molar-refractivity contribution is 7.89. The fourth-order valence-corrected chi connectivity index (χ4v) is 4.30. The maximum absolute atomic E-state index is 12.8. The fraction of sp³-hybridized carbons (Fsp3) is 0.400. The van der Waals surface area contributed by atoms with Crippen LogP contribution in [-0.4, -0.2) is 32.7 Å². The third-order valence-electron chi connectivity index (χ3n) is 3.97. The number of rotatable bonds is 4. The second kappa shape index (κ2) is 6.20. The summed E-state index contributed by atoms with van der Waals surface area (Å²) in [7, 11) is -3.62. The van der Waals surface area contributed by atoms with Gasteiger partial charge in [0.1, 0.15) is 0 Å². The van der Waals surface area contributed by atoms with Crippen LogP contribution in [0.25, 0.3) is 11.3 Å². The van der Waals surface area contributed by atoms with Crippen LogP contribution in [0.2, 0.25) is 0 Å². The summed E-state index contributed by atoms with van der Waals surface area (Å²) in [5.41, 5.74) is 0.522. The lowest BCUT2D eigenvalue weighted by atomic mass is 9.97. The molecule has 0 radical (unpaired) electrons. The zero-order valence-corrected chi connectivity index (χ0v) is 13.1. The van der Waals surface area contributed by atoms with Crippen LogP contribution in [0, 0.1) is 5.92 Å². The average Bonchev–Trinajstić information content (AvgIpc) is 3.04. The summed E-state index contributed by atoms with van der Waals surface area (Å²) in [5.74, 6) is 0.695. The smallest absolute Gasteiger partial charge is 0.241 e. The minimum Gasteiger partial charge on any atom is -0.356 e. The largest absolute Gasteiger partial charge is 0.356 e. The Labute approximate surface area is 129 Å². The standard InChI is InChI=1S/C15H19N3O3S/c1-11-10-16-8-6-13(11)18-22(19,20)15-5-3-2-4-12(15)14-7-9-17-21-14/h2-5,7,9,11,13,16,18H,6,8,10H2,1H3. The van der Waals surface area contributed by atoms with E-state index in [4.69, 9.17) is 4.52 Å². The van der Waals surface area contributed by atoms with Crippen LogP contribution in [0.3, 0.4) is 0 Å². The number of sulfonamides is 1. The van der Waals surface area contributed by atoms with Gasteiger partial charge < -0.3 is 9.84 Å². The van der Waals surface area contributed by atoms with E-state index in [0.29, 0.717) is 11.3 Å². The summed E-state index contributed by atoms with van der Waals surface area (Å²) in [5, 5.41) is 6.92. The van der Waals surface area contributed by atoms with Crippen LogP contribution in [0.1, 0.15) is 13.3 Å². The molecule has 1 aromatic heterocycles. The lowest BCUT2D eigenvalue weighted by Gasteiger charge is -2.30.